The van der Waals surface area contributed by atoms with Gasteiger partial charge in [-0.25, -0.2) is 9.48 Å². The molecule has 0 unspecified atom stereocenters. The van der Waals surface area contributed by atoms with Crippen LogP contribution >= 0.6 is 0 Å². The molecule has 0 saturated carbocycles. The molecule has 1 saturated heterocycles. The lowest BCUT2D eigenvalue weighted by atomic mass is 10.2. The Morgan fingerprint density at radius 2 is 2.04 bits per heavy atom. The minimum Gasteiger partial charge on any atom is -0.480 e. The number of carbonyl (C=O) groups excluding carboxylic acids is 1. The summed E-state index contributed by atoms with van der Waals surface area (Å²) in [4.78, 5) is 25.2. The summed E-state index contributed by atoms with van der Waals surface area (Å²) in [5.41, 5.74) is 1.89. The quantitative estimate of drug-likeness (QED) is 0.917. The van der Waals surface area contributed by atoms with Crippen LogP contribution in [0.3, 0.4) is 0 Å². The lowest BCUT2D eigenvalue weighted by Gasteiger charge is -2.32. The first-order chi connectivity index (χ1) is 11.1. The van der Waals surface area contributed by atoms with Gasteiger partial charge < -0.3 is 14.7 Å². The highest BCUT2D eigenvalue weighted by Gasteiger charge is 2.34. The number of morpholine rings is 1. The standard InChI is InChI=1S/C16H17N3O4/c1-11-9-13(17-19(11)12-5-3-2-4-6-12)15(20)18-7-8-23-10-14(18)16(21)22/h2-6,9,14H,7-8,10H2,1H3,(H,21,22)/t14-/m0/s1. The number of carboxylic acid groups (broad SMARTS) is 1. The molecule has 23 heavy (non-hydrogen) atoms. The number of hydrogen-bond acceptors (Lipinski definition) is 4. The first-order valence-electron chi connectivity index (χ1n) is 7.31. The van der Waals surface area contributed by atoms with Gasteiger partial charge in [0.05, 0.1) is 18.9 Å². The number of carbonyl (C=O) groups is 2. The number of aliphatic carboxylic acids is 1. The summed E-state index contributed by atoms with van der Waals surface area (Å²) in [6.07, 6.45) is 0. The zero-order chi connectivity index (χ0) is 16.4. The van der Waals surface area contributed by atoms with Crippen molar-refractivity contribution in [2.75, 3.05) is 19.8 Å². The third-order valence-corrected chi connectivity index (χ3v) is 3.78. The van der Waals surface area contributed by atoms with E-state index in [1.54, 1.807) is 10.7 Å². The molecule has 2 heterocycles. The molecule has 1 aliphatic heterocycles. The van der Waals surface area contributed by atoms with E-state index in [0.717, 1.165) is 11.4 Å². The first kappa shape index (κ1) is 15.2. The van der Waals surface area contributed by atoms with Gasteiger partial charge in [0.15, 0.2) is 11.7 Å². The maximum atomic E-state index is 12.6. The third-order valence-electron chi connectivity index (χ3n) is 3.78. The van der Waals surface area contributed by atoms with E-state index in [-0.39, 0.29) is 18.8 Å². The van der Waals surface area contributed by atoms with Crippen LogP contribution in [0.25, 0.3) is 5.69 Å². The molecule has 1 amide bonds. The van der Waals surface area contributed by atoms with Crippen LogP contribution in [-0.4, -0.2) is 57.5 Å². The van der Waals surface area contributed by atoms with E-state index in [2.05, 4.69) is 5.10 Å². The Kier molecular flexibility index (Phi) is 4.12. The second-order valence-corrected chi connectivity index (χ2v) is 5.35. The molecule has 7 heteroatoms. The summed E-state index contributed by atoms with van der Waals surface area (Å²) in [6.45, 7) is 2.42. The van der Waals surface area contributed by atoms with Crippen LogP contribution in [0.1, 0.15) is 16.2 Å². The van der Waals surface area contributed by atoms with Gasteiger partial charge in [-0.1, -0.05) is 18.2 Å². The Hall–Kier alpha value is -2.67. The molecule has 0 bridgehead atoms. The Bertz CT molecular complexity index is 726. The molecule has 1 aliphatic rings. The van der Waals surface area contributed by atoms with E-state index >= 15 is 0 Å². The average molecular weight is 315 g/mol. The van der Waals surface area contributed by atoms with Crippen molar-refractivity contribution in [3.05, 3.63) is 47.8 Å². The summed E-state index contributed by atoms with van der Waals surface area (Å²) < 4.78 is 6.83. The van der Waals surface area contributed by atoms with Gasteiger partial charge in [0.25, 0.3) is 5.91 Å². The number of ether oxygens (including phenoxy) is 1. The van der Waals surface area contributed by atoms with Crippen LogP contribution in [0.5, 0.6) is 0 Å². The summed E-state index contributed by atoms with van der Waals surface area (Å²) >= 11 is 0. The maximum absolute atomic E-state index is 12.6. The molecular weight excluding hydrogens is 298 g/mol. The SMILES string of the molecule is Cc1cc(C(=O)N2CCOC[C@H]2C(=O)O)nn1-c1ccccc1. The molecule has 120 valence electrons. The van der Waals surface area contributed by atoms with Crippen LogP contribution < -0.4 is 0 Å². The number of nitrogens with zero attached hydrogens (tertiary/aromatic N) is 3. The fourth-order valence-electron chi connectivity index (χ4n) is 2.61. The van der Waals surface area contributed by atoms with Crippen LogP contribution in [0.4, 0.5) is 0 Å². The van der Waals surface area contributed by atoms with Crippen molar-refractivity contribution < 1.29 is 19.4 Å². The lowest BCUT2D eigenvalue weighted by Crippen LogP contribution is -2.52. The highest BCUT2D eigenvalue weighted by Crippen LogP contribution is 2.16. The van der Waals surface area contributed by atoms with Gasteiger partial charge in [-0.05, 0) is 25.1 Å². The van der Waals surface area contributed by atoms with Gasteiger partial charge in [0.2, 0.25) is 0 Å². The van der Waals surface area contributed by atoms with Crippen molar-refractivity contribution in [1.29, 1.82) is 0 Å². The monoisotopic (exact) mass is 315 g/mol. The summed E-state index contributed by atoms with van der Waals surface area (Å²) in [5, 5.41) is 13.6. The predicted octanol–water partition coefficient (Wildman–Crippen LogP) is 1.11. The number of benzene rings is 1. The maximum Gasteiger partial charge on any atom is 0.328 e. The van der Waals surface area contributed by atoms with Crippen molar-refractivity contribution in [2.24, 2.45) is 0 Å². The molecular formula is C16H17N3O4. The van der Waals surface area contributed by atoms with Crippen molar-refractivity contribution in [3.8, 4) is 5.69 Å². The van der Waals surface area contributed by atoms with Crippen molar-refractivity contribution in [2.45, 2.75) is 13.0 Å². The van der Waals surface area contributed by atoms with Gasteiger partial charge in [0.1, 0.15) is 0 Å². The van der Waals surface area contributed by atoms with Crippen molar-refractivity contribution in [1.82, 2.24) is 14.7 Å². The van der Waals surface area contributed by atoms with E-state index in [9.17, 15) is 14.7 Å². The summed E-state index contributed by atoms with van der Waals surface area (Å²) in [6, 6.07) is 10.2. The number of aryl methyl sites for hydroxylation is 1. The van der Waals surface area contributed by atoms with Gasteiger partial charge in [0, 0.05) is 12.2 Å². The predicted molar refractivity (Wildman–Crippen MR) is 81.6 cm³/mol. The Balaban J connectivity index is 1.90. The first-order valence-corrected chi connectivity index (χ1v) is 7.31. The second kappa shape index (κ2) is 6.21. The number of rotatable bonds is 3. The number of carboxylic acids is 1. The van der Waals surface area contributed by atoms with Crippen molar-refractivity contribution in [3.63, 3.8) is 0 Å². The van der Waals surface area contributed by atoms with Crippen molar-refractivity contribution >= 4 is 11.9 Å². The largest absolute Gasteiger partial charge is 0.480 e. The Morgan fingerprint density at radius 1 is 1.30 bits per heavy atom. The van der Waals surface area contributed by atoms with Crippen LogP contribution in [0, 0.1) is 6.92 Å². The zero-order valence-corrected chi connectivity index (χ0v) is 12.7. The smallest absolute Gasteiger partial charge is 0.328 e. The number of aromatic nitrogens is 2. The van der Waals surface area contributed by atoms with E-state index in [1.807, 2.05) is 37.3 Å². The highest BCUT2D eigenvalue weighted by molar-refractivity contribution is 5.95. The lowest BCUT2D eigenvalue weighted by molar-refractivity contribution is -0.147. The van der Waals surface area contributed by atoms with Gasteiger partial charge in [-0.2, -0.15) is 5.10 Å². The fourth-order valence-corrected chi connectivity index (χ4v) is 2.61. The molecule has 0 radical (unpaired) electrons. The minimum atomic E-state index is -1.07. The topological polar surface area (TPSA) is 84.7 Å². The molecule has 0 spiro atoms. The number of para-hydroxylation sites is 1. The number of hydrogen-bond donors (Lipinski definition) is 1. The molecule has 1 N–H and O–H groups in total. The van der Waals surface area contributed by atoms with Gasteiger partial charge in [-0.15, -0.1) is 0 Å². The average Bonchev–Trinajstić information content (AvgIpc) is 2.97. The molecule has 0 aliphatic carbocycles. The van der Waals surface area contributed by atoms with E-state index < -0.39 is 17.9 Å². The fraction of sp³-hybridized carbons (Fsp3) is 0.312. The normalized spacial score (nSPS) is 18.0. The van der Waals surface area contributed by atoms with Crippen LogP contribution in [-0.2, 0) is 9.53 Å². The molecule has 1 fully saturated rings. The highest BCUT2D eigenvalue weighted by atomic mass is 16.5. The van der Waals surface area contributed by atoms with Gasteiger partial charge >= 0.3 is 5.97 Å². The molecule has 1 atom stereocenters. The summed E-state index contributed by atoms with van der Waals surface area (Å²) in [7, 11) is 0. The van der Waals surface area contributed by atoms with Crippen LogP contribution in [0.2, 0.25) is 0 Å². The Morgan fingerprint density at radius 3 is 2.74 bits per heavy atom. The molecule has 1 aromatic heterocycles. The van der Waals surface area contributed by atoms with E-state index in [1.165, 1.54) is 4.90 Å². The molecule has 3 rings (SSSR count). The molecule has 2 aromatic rings. The minimum absolute atomic E-state index is 0.000546. The molecule has 7 nitrogen and oxygen atoms in total. The van der Waals surface area contributed by atoms with E-state index in [0.29, 0.717) is 6.61 Å². The molecule has 1 aromatic carbocycles. The number of amides is 1. The second-order valence-electron chi connectivity index (χ2n) is 5.35. The van der Waals surface area contributed by atoms with Gasteiger partial charge in [-0.3, -0.25) is 4.79 Å². The zero-order valence-electron chi connectivity index (χ0n) is 12.7. The van der Waals surface area contributed by atoms with Crippen LogP contribution in [0.15, 0.2) is 36.4 Å². The summed E-state index contributed by atoms with van der Waals surface area (Å²) in [5.74, 6) is -1.46. The van der Waals surface area contributed by atoms with E-state index in [4.69, 9.17) is 4.74 Å². The third kappa shape index (κ3) is 2.95. The Labute approximate surface area is 133 Å².